The lowest BCUT2D eigenvalue weighted by atomic mass is 10.1. The van der Waals surface area contributed by atoms with Gasteiger partial charge in [0.05, 0.1) is 24.6 Å². The topological polar surface area (TPSA) is 94.2 Å². The van der Waals surface area contributed by atoms with E-state index in [4.69, 9.17) is 14.2 Å². The molecule has 2 aromatic carbocycles. The number of benzene rings is 2. The number of hydrogen-bond acceptors (Lipinski definition) is 6. The van der Waals surface area contributed by atoms with Gasteiger partial charge in [-0.25, -0.2) is 8.42 Å². The van der Waals surface area contributed by atoms with Crippen molar-refractivity contribution >= 4 is 21.6 Å². The highest BCUT2D eigenvalue weighted by molar-refractivity contribution is 7.92. The standard InChI is InChI=1S/C20H24N2O6S/c1-4-26-17-8-5-15(6-9-17)14(2)21-20(23)12-22(29(3,24)25)16-7-10-18-19(11-16)28-13-27-18/h5-11,14H,4,12-13H2,1-3H3,(H,21,23)/t14-/m0/s1. The fraction of sp³-hybridized carbons (Fsp3) is 0.350. The van der Waals surface area contributed by atoms with E-state index in [1.54, 1.807) is 18.2 Å². The van der Waals surface area contributed by atoms with E-state index in [0.29, 0.717) is 23.8 Å². The Morgan fingerprint density at radius 1 is 1.17 bits per heavy atom. The summed E-state index contributed by atoms with van der Waals surface area (Å²) in [5.74, 6) is 1.31. The largest absolute Gasteiger partial charge is 0.494 e. The van der Waals surface area contributed by atoms with Gasteiger partial charge >= 0.3 is 0 Å². The van der Waals surface area contributed by atoms with Gasteiger partial charge < -0.3 is 19.5 Å². The van der Waals surface area contributed by atoms with Gasteiger partial charge in [-0.15, -0.1) is 0 Å². The molecule has 1 aliphatic heterocycles. The van der Waals surface area contributed by atoms with Gasteiger partial charge in [-0.3, -0.25) is 9.10 Å². The summed E-state index contributed by atoms with van der Waals surface area (Å²) in [5, 5.41) is 2.83. The van der Waals surface area contributed by atoms with Crippen LogP contribution in [0.5, 0.6) is 17.2 Å². The Morgan fingerprint density at radius 3 is 2.52 bits per heavy atom. The van der Waals surface area contributed by atoms with Crippen LogP contribution in [0.4, 0.5) is 5.69 Å². The molecule has 0 fully saturated rings. The van der Waals surface area contributed by atoms with Crippen LogP contribution in [0, 0.1) is 0 Å². The normalized spacial score (nSPS) is 13.6. The summed E-state index contributed by atoms with van der Waals surface area (Å²) in [6.07, 6.45) is 1.06. The summed E-state index contributed by atoms with van der Waals surface area (Å²) < 4.78 is 41.6. The second-order valence-electron chi connectivity index (χ2n) is 6.60. The average Bonchev–Trinajstić information content (AvgIpc) is 3.13. The molecule has 29 heavy (non-hydrogen) atoms. The van der Waals surface area contributed by atoms with Gasteiger partial charge in [-0.2, -0.15) is 0 Å². The molecule has 2 aromatic rings. The third-order valence-corrected chi connectivity index (χ3v) is 5.54. The van der Waals surface area contributed by atoms with Crippen molar-refractivity contribution in [3.63, 3.8) is 0 Å². The maximum atomic E-state index is 12.6. The first-order valence-corrected chi connectivity index (χ1v) is 11.0. The molecule has 3 rings (SSSR count). The van der Waals surface area contributed by atoms with E-state index in [2.05, 4.69) is 5.32 Å². The zero-order chi connectivity index (χ0) is 21.0. The highest BCUT2D eigenvalue weighted by Gasteiger charge is 2.24. The number of amides is 1. The number of carbonyl (C=O) groups excluding carboxylic acids is 1. The molecule has 9 heteroatoms. The number of fused-ring (bicyclic) bond motifs is 1. The first-order chi connectivity index (χ1) is 13.8. The van der Waals surface area contributed by atoms with Crippen LogP contribution in [0.1, 0.15) is 25.5 Å². The number of nitrogens with zero attached hydrogens (tertiary/aromatic N) is 1. The molecule has 0 saturated heterocycles. The van der Waals surface area contributed by atoms with E-state index in [1.165, 1.54) is 0 Å². The summed E-state index contributed by atoms with van der Waals surface area (Å²) in [6, 6.07) is 11.8. The van der Waals surface area contributed by atoms with E-state index in [-0.39, 0.29) is 19.4 Å². The van der Waals surface area contributed by atoms with Crippen molar-refractivity contribution in [3.05, 3.63) is 48.0 Å². The molecule has 1 aliphatic rings. The van der Waals surface area contributed by atoms with Crippen molar-refractivity contribution in [2.24, 2.45) is 0 Å². The van der Waals surface area contributed by atoms with Crippen molar-refractivity contribution in [2.75, 3.05) is 30.5 Å². The van der Waals surface area contributed by atoms with Gasteiger partial charge in [0.1, 0.15) is 12.3 Å². The van der Waals surface area contributed by atoms with Crippen LogP contribution in [-0.4, -0.2) is 40.5 Å². The number of sulfonamides is 1. The number of hydrogen-bond donors (Lipinski definition) is 1. The molecule has 1 heterocycles. The Hall–Kier alpha value is -2.94. The van der Waals surface area contributed by atoms with E-state index in [9.17, 15) is 13.2 Å². The molecule has 0 unspecified atom stereocenters. The average molecular weight is 420 g/mol. The molecule has 0 radical (unpaired) electrons. The van der Waals surface area contributed by atoms with Crippen molar-refractivity contribution in [1.29, 1.82) is 0 Å². The van der Waals surface area contributed by atoms with Crippen molar-refractivity contribution in [3.8, 4) is 17.2 Å². The van der Waals surface area contributed by atoms with Crippen LogP contribution in [0.25, 0.3) is 0 Å². The minimum Gasteiger partial charge on any atom is -0.494 e. The summed E-state index contributed by atoms with van der Waals surface area (Å²) in [4.78, 5) is 12.6. The lowest BCUT2D eigenvalue weighted by Crippen LogP contribution is -2.41. The third-order valence-electron chi connectivity index (χ3n) is 4.40. The first kappa shape index (κ1) is 20.8. The van der Waals surface area contributed by atoms with Crippen LogP contribution in [-0.2, 0) is 14.8 Å². The predicted octanol–water partition coefficient (Wildman–Crippen LogP) is 2.46. The summed E-state index contributed by atoms with van der Waals surface area (Å²) in [5.41, 5.74) is 1.22. The quantitative estimate of drug-likeness (QED) is 0.705. The Labute approximate surface area is 170 Å². The third kappa shape index (κ3) is 5.11. The molecular formula is C20H24N2O6S. The number of carbonyl (C=O) groups is 1. The summed E-state index contributed by atoms with van der Waals surface area (Å²) >= 11 is 0. The van der Waals surface area contributed by atoms with Crippen LogP contribution in [0.2, 0.25) is 0 Å². The van der Waals surface area contributed by atoms with Crippen molar-refractivity contribution in [1.82, 2.24) is 5.32 Å². The molecule has 156 valence electrons. The number of ether oxygens (including phenoxy) is 3. The Kier molecular flexibility index (Phi) is 6.17. The summed E-state index contributed by atoms with van der Waals surface area (Å²) in [7, 11) is -3.68. The number of anilines is 1. The molecule has 0 spiro atoms. The van der Waals surface area contributed by atoms with Gasteiger partial charge in [0, 0.05) is 6.07 Å². The second-order valence-corrected chi connectivity index (χ2v) is 8.51. The van der Waals surface area contributed by atoms with Crippen LogP contribution in [0.3, 0.4) is 0 Å². The predicted molar refractivity (Wildman–Crippen MR) is 109 cm³/mol. The highest BCUT2D eigenvalue weighted by atomic mass is 32.2. The fourth-order valence-corrected chi connectivity index (χ4v) is 3.81. The van der Waals surface area contributed by atoms with Crippen molar-refractivity contribution < 1.29 is 27.4 Å². The minimum atomic E-state index is -3.68. The second kappa shape index (κ2) is 8.60. The maximum absolute atomic E-state index is 12.6. The molecule has 0 aromatic heterocycles. The molecule has 0 bridgehead atoms. The van der Waals surface area contributed by atoms with E-state index in [0.717, 1.165) is 21.9 Å². The van der Waals surface area contributed by atoms with Gasteiger partial charge in [0.15, 0.2) is 11.5 Å². The van der Waals surface area contributed by atoms with E-state index >= 15 is 0 Å². The van der Waals surface area contributed by atoms with E-state index in [1.807, 2.05) is 38.1 Å². The molecule has 0 saturated carbocycles. The minimum absolute atomic E-state index is 0.0811. The number of nitrogens with one attached hydrogen (secondary N) is 1. The van der Waals surface area contributed by atoms with E-state index < -0.39 is 15.9 Å². The van der Waals surface area contributed by atoms with Crippen LogP contribution in [0.15, 0.2) is 42.5 Å². The highest BCUT2D eigenvalue weighted by Crippen LogP contribution is 2.36. The first-order valence-electron chi connectivity index (χ1n) is 9.17. The molecular weight excluding hydrogens is 396 g/mol. The molecule has 1 N–H and O–H groups in total. The van der Waals surface area contributed by atoms with Gasteiger partial charge in [-0.1, -0.05) is 12.1 Å². The molecule has 1 amide bonds. The van der Waals surface area contributed by atoms with Crippen LogP contribution >= 0.6 is 0 Å². The van der Waals surface area contributed by atoms with Crippen molar-refractivity contribution in [2.45, 2.75) is 19.9 Å². The Balaban J connectivity index is 1.70. The molecule has 1 atom stereocenters. The number of rotatable bonds is 8. The van der Waals surface area contributed by atoms with Gasteiger partial charge in [0.25, 0.3) is 0 Å². The molecule has 0 aliphatic carbocycles. The lowest BCUT2D eigenvalue weighted by Gasteiger charge is -2.23. The Morgan fingerprint density at radius 2 is 1.86 bits per heavy atom. The Bertz CT molecular complexity index is 975. The molecule has 8 nitrogen and oxygen atoms in total. The maximum Gasteiger partial charge on any atom is 0.241 e. The zero-order valence-corrected chi connectivity index (χ0v) is 17.4. The fourth-order valence-electron chi connectivity index (χ4n) is 2.96. The lowest BCUT2D eigenvalue weighted by molar-refractivity contribution is -0.120. The van der Waals surface area contributed by atoms with Crippen LogP contribution < -0.4 is 23.8 Å². The van der Waals surface area contributed by atoms with Gasteiger partial charge in [-0.05, 0) is 43.7 Å². The van der Waals surface area contributed by atoms with Gasteiger partial charge in [0.2, 0.25) is 22.7 Å². The smallest absolute Gasteiger partial charge is 0.241 e. The monoisotopic (exact) mass is 420 g/mol. The SMILES string of the molecule is CCOc1ccc([C@H](C)NC(=O)CN(c2ccc3c(c2)OCO3)S(C)(=O)=O)cc1. The summed E-state index contributed by atoms with van der Waals surface area (Å²) in [6.45, 7) is 4.05. The zero-order valence-electron chi connectivity index (χ0n) is 16.5.